The highest BCUT2D eigenvalue weighted by atomic mass is 16.5. The average molecular weight is 480 g/mol. The van der Waals surface area contributed by atoms with Crippen molar-refractivity contribution in [2.45, 2.75) is 51.4 Å². The number of hydrogen-bond donors (Lipinski definition) is 1. The van der Waals surface area contributed by atoms with E-state index in [1.54, 1.807) is 6.07 Å². The molecule has 3 aromatic rings. The molecule has 6 heteroatoms. The molecule has 0 amide bonds. The predicted molar refractivity (Wildman–Crippen MR) is 139 cm³/mol. The zero-order valence-electron chi connectivity index (χ0n) is 20.5. The van der Waals surface area contributed by atoms with Crippen molar-refractivity contribution in [3.63, 3.8) is 0 Å². The number of unbranched alkanes of at least 4 members (excludes halogenated alkanes) is 7. The Bertz CT molecular complexity index is 1110. The van der Waals surface area contributed by atoms with Gasteiger partial charge in [0.05, 0.1) is 19.8 Å². The van der Waals surface area contributed by atoms with E-state index in [1.807, 2.05) is 30.3 Å². The van der Waals surface area contributed by atoms with Crippen molar-refractivity contribution in [3.8, 4) is 22.8 Å². The van der Waals surface area contributed by atoms with Crippen LogP contribution in [0.2, 0.25) is 0 Å². The maximum Gasteiger partial charge on any atom is 0.197 e. The van der Waals surface area contributed by atoms with Gasteiger partial charge < -0.3 is 19.0 Å². The summed E-state index contributed by atoms with van der Waals surface area (Å²) in [5.41, 5.74) is 0.879. The Hall–Kier alpha value is -2.83. The molecule has 1 aromatic heterocycles. The quantitative estimate of drug-likeness (QED) is 0.303. The van der Waals surface area contributed by atoms with Gasteiger partial charge in [-0.2, -0.15) is 0 Å². The zero-order chi connectivity index (χ0) is 24.3. The summed E-state index contributed by atoms with van der Waals surface area (Å²) in [7, 11) is 0. The summed E-state index contributed by atoms with van der Waals surface area (Å²) in [6.45, 7) is 5.73. The molecule has 2 aromatic carbocycles. The van der Waals surface area contributed by atoms with E-state index in [0.717, 1.165) is 44.7 Å². The van der Waals surface area contributed by atoms with E-state index < -0.39 is 0 Å². The Balaban J connectivity index is 1.15. The number of nitrogens with zero attached hydrogens (tertiary/aromatic N) is 1. The fourth-order valence-electron chi connectivity index (χ4n) is 4.58. The lowest BCUT2D eigenvalue weighted by molar-refractivity contribution is 0.0371. The van der Waals surface area contributed by atoms with Gasteiger partial charge in [-0.1, -0.05) is 68.9 Å². The Morgan fingerprint density at radius 3 is 2.29 bits per heavy atom. The Labute approximate surface area is 207 Å². The topological polar surface area (TPSA) is 72.1 Å². The summed E-state index contributed by atoms with van der Waals surface area (Å²) in [5.74, 6) is 0.879. The standard InChI is InChI=1S/C29H37NO5/c31-25-20-24(21-28-29(25)26(32)22-27(35-28)23-12-8-7-9-13-23)34-17-11-6-4-2-1-3-5-10-14-30-15-18-33-19-16-30/h7-9,12-13,20-22,31H,1-6,10-11,14-19H2. The van der Waals surface area contributed by atoms with E-state index >= 15 is 0 Å². The van der Waals surface area contributed by atoms with Crippen LogP contribution in [0, 0.1) is 0 Å². The van der Waals surface area contributed by atoms with Gasteiger partial charge >= 0.3 is 0 Å². The first-order chi connectivity index (χ1) is 17.2. The monoisotopic (exact) mass is 479 g/mol. The molecule has 0 aliphatic carbocycles. The molecule has 1 fully saturated rings. The predicted octanol–water partition coefficient (Wildman–Crippen LogP) is 6.00. The smallest absolute Gasteiger partial charge is 0.197 e. The summed E-state index contributed by atoms with van der Waals surface area (Å²) in [6.07, 6.45) is 9.78. The second-order valence-electron chi connectivity index (χ2n) is 9.29. The molecule has 1 aliphatic heterocycles. The molecule has 0 atom stereocenters. The summed E-state index contributed by atoms with van der Waals surface area (Å²) in [5, 5.41) is 10.6. The number of phenolic OH excluding ortho intramolecular Hbond substituents is 1. The van der Waals surface area contributed by atoms with E-state index in [0.29, 0.717) is 23.7 Å². The minimum atomic E-state index is -0.268. The molecule has 2 heterocycles. The average Bonchev–Trinajstić information content (AvgIpc) is 2.88. The second-order valence-corrected chi connectivity index (χ2v) is 9.29. The molecule has 1 N–H and O–H groups in total. The van der Waals surface area contributed by atoms with Crippen molar-refractivity contribution >= 4 is 11.0 Å². The van der Waals surface area contributed by atoms with E-state index in [-0.39, 0.29) is 16.6 Å². The lowest BCUT2D eigenvalue weighted by Crippen LogP contribution is -2.36. The SMILES string of the molecule is O=c1cc(-c2ccccc2)oc2cc(OCCCCCCCCCCN3CCOCC3)cc(O)c12. The van der Waals surface area contributed by atoms with Crippen LogP contribution in [0.1, 0.15) is 51.4 Å². The first-order valence-corrected chi connectivity index (χ1v) is 13.0. The Morgan fingerprint density at radius 1 is 0.857 bits per heavy atom. The summed E-state index contributed by atoms with van der Waals surface area (Å²) in [6, 6.07) is 14.1. The van der Waals surface area contributed by atoms with Crippen molar-refractivity contribution in [2.75, 3.05) is 39.5 Å². The van der Waals surface area contributed by atoms with E-state index in [4.69, 9.17) is 13.9 Å². The van der Waals surface area contributed by atoms with Crippen LogP contribution < -0.4 is 10.2 Å². The molecule has 188 valence electrons. The van der Waals surface area contributed by atoms with Gasteiger partial charge in [0.1, 0.15) is 28.2 Å². The van der Waals surface area contributed by atoms with Gasteiger partial charge in [-0.05, 0) is 19.4 Å². The number of morpholine rings is 1. The maximum atomic E-state index is 12.6. The van der Waals surface area contributed by atoms with Crippen molar-refractivity contribution in [1.29, 1.82) is 0 Å². The maximum absolute atomic E-state index is 12.6. The highest BCUT2D eigenvalue weighted by molar-refractivity contribution is 5.86. The van der Waals surface area contributed by atoms with Crippen LogP contribution in [0.3, 0.4) is 0 Å². The molecule has 35 heavy (non-hydrogen) atoms. The first-order valence-electron chi connectivity index (χ1n) is 13.0. The van der Waals surface area contributed by atoms with E-state index in [1.165, 1.54) is 57.2 Å². The van der Waals surface area contributed by atoms with Crippen molar-refractivity contribution in [1.82, 2.24) is 4.90 Å². The molecular weight excluding hydrogens is 442 g/mol. The van der Waals surface area contributed by atoms with Crippen LogP contribution in [0.25, 0.3) is 22.3 Å². The molecule has 0 radical (unpaired) electrons. The highest BCUT2D eigenvalue weighted by Gasteiger charge is 2.13. The van der Waals surface area contributed by atoms with Crippen LogP contribution in [0.5, 0.6) is 11.5 Å². The normalized spacial score (nSPS) is 14.4. The molecule has 0 unspecified atom stereocenters. The molecule has 0 saturated carbocycles. The summed E-state index contributed by atoms with van der Waals surface area (Å²) < 4.78 is 17.2. The lowest BCUT2D eigenvalue weighted by Gasteiger charge is -2.26. The molecule has 0 spiro atoms. The van der Waals surface area contributed by atoms with Gasteiger partial charge in [0.15, 0.2) is 5.43 Å². The Kier molecular flexibility index (Phi) is 9.61. The van der Waals surface area contributed by atoms with Gasteiger partial charge in [-0.3, -0.25) is 9.69 Å². The van der Waals surface area contributed by atoms with Crippen LogP contribution in [-0.4, -0.2) is 49.5 Å². The number of rotatable bonds is 13. The molecule has 1 aliphatic rings. The van der Waals surface area contributed by atoms with Crippen LogP contribution >= 0.6 is 0 Å². The van der Waals surface area contributed by atoms with Crippen molar-refractivity contribution < 1.29 is 19.0 Å². The minimum absolute atomic E-state index is 0.112. The summed E-state index contributed by atoms with van der Waals surface area (Å²) in [4.78, 5) is 15.1. The van der Waals surface area contributed by atoms with E-state index in [2.05, 4.69) is 4.90 Å². The zero-order valence-corrected chi connectivity index (χ0v) is 20.5. The van der Waals surface area contributed by atoms with Gasteiger partial charge in [0.2, 0.25) is 0 Å². The van der Waals surface area contributed by atoms with Crippen LogP contribution in [0.4, 0.5) is 0 Å². The molecular formula is C29H37NO5. The largest absolute Gasteiger partial charge is 0.507 e. The van der Waals surface area contributed by atoms with Crippen LogP contribution in [0.15, 0.2) is 57.7 Å². The molecule has 1 saturated heterocycles. The minimum Gasteiger partial charge on any atom is -0.507 e. The number of fused-ring (bicyclic) bond motifs is 1. The number of ether oxygens (including phenoxy) is 2. The number of hydrogen-bond acceptors (Lipinski definition) is 6. The third kappa shape index (κ3) is 7.58. The fourth-order valence-corrected chi connectivity index (χ4v) is 4.58. The third-order valence-electron chi connectivity index (χ3n) is 6.58. The molecule has 0 bridgehead atoms. The van der Waals surface area contributed by atoms with Crippen molar-refractivity contribution in [3.05, 3.63) is 58.8 Å². The van der Waals surface area contributed by atoms with E-state index in [9.17, 15) is 9.90 Å². The molecule has 4 rings (SSSR count). The number of benzene rings is 2. The first kappa shape index (κ1) is 25.3. The van der Waals surface area contributed by atoms with Crippen molar-refractivity contribution in [2.24, 2.45) is 0 Å². The van der Waals surface area contributed by atoms with Gasteiger partial charge in [0.25, 0.3) is 0 Å². The summed E-state index contributed by atoms with van der Waals surface area (Å²) >= 11 is 0. The number of aromatic hydroxyl groups is 1. The lowest BCUT2D eigenvalue weighted by atomic mass is 10.1. The Morgan fingerprint density at radius 2 is 1.54 bits per heavy atom. The van der Waals surface area contributed by atoms with Gasteiger partial charge in [0, 0.05) is 36.9 Å². The second kappa shape index (κ2) is 13.3. The molecule has 6 nitrogen and oxygen atoms in total. The third-order valence-corrected chi connectivity index (χ3v) is 6.58. The van der Waals surface area contributed by atoms with Crippen LogP contribution in [-0.2, 0) is 4.74 Å². The highest BCUT2D eigenvalue weighted by Crippen LogP contribution is 2.31. The fraction of sp³-hybridized carbons (Fsp3) is 0.483. The van der Waals surface area contributed by atoms with Gasteiger partial charge in [-0.25, -0.2) is 0 Å². The van der Waals surface area contributed by atoms with Gasteiger partial charge in [-0.15, -0.1) is 0 Å². The number of phenols is 1.